The van der Waals surface area contributed by atoms with Gasteiger partial charge < -0.3 is 15.7 Å². The fourth-order valence-electron chi connectivity index (χ4n) is 1.90. The van der Waals surface area contributed by atoms with Crippen LogP contribution in [0.5, 0.6) is 0 Å². The molecule has 1 saturated carbocycles. The molecule has 92 valence electrons. The van der Waals surface area contributed by atoms with Gasteiger partial charge in [-0.25, -0.2) is 9.18 Å². The lowest BCUT2D eigenvalue weighted by molar-refractivity contribution is 0.0984. The summed E-state index contributed by atoms with van der Waals surface area (Å²) in [5, 5.41) is 14.5. The first-order valence-electron chi connectivity index (χ1n) is 5.59. The van der Waals surface area contributed by atoms with Crippen LogP contribution in [0, 0.1) is 5.82 Å². The van der Waals surface area contributed by atoms with Crippen LogP contribution in [0.1, 0.15) is 19.3 Å². The highest BCUT2D eigenvalue weighted by Crippen LogP contribution is 2.31. The van der Waals surface area contributed by atoms with Gasteiger partial charge in [-0.2, -0.15) is 0 Å². The van der Waals surface area contributed by atoms with Crippen LogP contribution in [0.3, 0.4) is 0 Å². The van der Waals surface area contributed by atoms with E-state index in [0.29, 0.717) is 5.69 Å². The number of hydrogen-bond donors (Lipinski definition) is 3. The van der Waals surface area contributed by atoms with Gasteiger partial charge in [0.25, 0.3) is 0 Å². The van der Waals surface area contributed by atoms with E-state index in [1.807, 2.05) is 0 Å². The van der Waals surface area contributed by atoms with Crippen molar-refractivity contribution in [2.24, 2.45) is 0 Å². The third-order valence-corrected chi connectivity index (χ3v) is 3.07. The number of anilines is 1. The van der Waals surface area contributed by atoms with Crippen molar-refractivity contribution < 1.29 is 14.3 Å². The Bertz CT molecular complexity index is 413. The van der Waals surface area contributed by atoms with Crippen LogP contribution in [-0.4, -0.2) is 23.3 Å². The van der Waals surface area contributed by atoms with E-state index in [4.69, 9.17) is 0 Å². The molecule has 3 N–H and O–H groups in total. The van der Waals surface area contributed by atoms with Gasteiger partial charge in [0.15, 0.2) is 0 Å². The quantitative estimate of drug-likeness (QED) is 0.752. The molecule has 0 saturated heterocycles. The molecular formula is C12H15FN2O2. The van der Waals surface area contributed by atoms with E-state index in [2.05, 4.69) is 10.6 Å². The largest absolute Gasteiger partial charge is 0.394 e. The van der Waals surface area contributed by atoms with Gasteiger partial charge in [0.2, 0.25) is 0 Å². The second-order valence-corrected chi connectivity index (χ2v) is 4.38. The van der Waals surface area contributed by atoms with Crippen LogP contribution in [-0.2, 0) is 0 Å². The standard InChI is InChI=1S/C12H15FN2O2/c13-9-3-1-4-10(7-9)14-11(17)15-12(8-16)5-2-6-12/h1,3-4,7,16H,2,5-6,8H2,(H2,14,15,17). The van der Waals surface area contributed by atoms with Crippen LogP contribution in [0.25, 0.3) is 0 Å². The molecule has 0 radical (unpaired) electrons. The Hall–Kier alpha value is -1.62. The number of carbonyl (C=O) groups excluding carboxylic acids is 1. The maximum atomic E-state index is 12.9. The van der Waals surface area contributed by atoms with Crippen LogP contribution in [0.15, 0.2) is 24.3 Å². The van der Waals surface area contributed by atoms with Gasteiger partial charge in [0, 0.05) is 5.69 Å². The lowest BCUT2D eigenvalue weighted by atomic mass is 9.77. The zero-order valence-corrected chi connectivity index (χ0v) is 9.37. The molecule has 2 rings (SSSR count). The number of halogens is 1. The molecule has 1 aromatic carbocycles. The summed E-state index contributed by atoms with van der Waals surface area (Å²) in [6.45, 7) is -0.0659. The van der Waals surface area contributed by atoms with Crippen molar-refractivity contribution >= 4 is 11.7 Å². The van der Waals surface area contributed by atoms with Crippen LogP contribution in [0.2, 0.25) is 0 Å². The molecule has 0 unspecified atom stereocenters. The molecular weight excluding hydrogens is 223 g/mol. The topological polar surface area (TPSA) is 61.4 Å². The van der Waals surface area contributed by atoms with Crippen molar-refractivity contribution in [3.63, 3.8) is 0 Å². The minimum Gasteiger partial charge on any atom is -0.394 e. The molecule has 5 heteroatoms. The summed E-state index contributed by atoms with van der Waals surface area (Å²) < 4.78 is 12.9. The summed E-state index contributed by atoms with van der Waals surface area (Å²) in [5.41, 5.74) is -0.0906. The molecule has 4 nitrogen and oxygen atoms in total. The third kappa shape index (κ3) is 2.74. The molecule has 1 aliphatic rings. The van der Waals surface area contributed by atoms with Crippen molar-refractivity contribution in [2.45, 2.75) is 24.8 Å². The zero-order chi connectivity index (χ0) is 12.3. The molecule has 0 aliphatic heterocycles. The predicted molar refractivity (Wildman–Crippen MR) is 62.2 cm³/mol. The Labute approximate surface area is 98.8 Å². The Kier molecular flexibility index (Phi) is 3.28. The zero-order valence-electron chi connectivity index (χ0n) is 9.37. The first kappa shape index (κ1) is 11.9. The lowest BCUT2D eigenvalue weighted by Crippen LogP contribution is -2.57. The highest BCUT2D eigenvalue weighted by atomic mass is 19.1. The molecule has 0 aromatic heterocycles. The summed E-state index contributed by atoms with van der Waals surface area (Å²) in [6.07, 6.45) is 2.56. The van der Waals surface area contributed by atoms with E-state index < -0.39 is 17.4 Å². The van der Waals surface area contributed by atoms with Crippen LogP contribution in [0.4, 0.5) is 14.9 Å². The molecule has 17 heavy (non-hydrogen) atoms. The Morgan fingerprint density at radius 3 is 2.76 bits per heavy atom. The van der Waals surface area contributed by atoms with Crippen molar-refractivity contribution in [2.75, 3.05) is 11.9 Å². The average Bonchev–Trinajstić information content (AvgIpc) is 2.23. The predicted octanol–water partition coefficient (Wildman–Crippen LogP) is 1.86. The van der Waals surface area contributed by atoms with Crippen molar-refractivity contribution in [3.8, 4) is 0 Å². The van der Waals surface area contributed by atoms with E-state index in [-0.39, 0.29) is 6.61 Å². The van der Waals surface area contributed by atoms with Crippen molar-refractivity contribution in [3.05, 3.63) is 30.1 Å². The molecule has 0 atom stereocenters. The number of aliphatic hydroxyl groups is 1. The van der Waals surface area contributed by atoms with Gasteiger partial charge in [-0.3, -0.25) is 0 Å². The first-order valence-corrected chi connectivity index (χ1v) is 5.59. The second kappa shape index (κ2) is 4.71. The number of amides is 2. The Balaban J connectivity index is 1.93. The monoisotopic (exact) mass is 238 g/mol. The normalized spacial score (nSPS) is 17.1. The summed E-state index contributed by atoms with van der Waals surface area (Å²) >= 11 is 0. The second-order valence-electron chi connectivity index (χ2n) is 4.38. The summed E-state index contributed by atoms with van der Waals surface area (Å²) in [6, 6.07) is 5.27. The number of urea groups is 1. The van der Waals surface area contributed by atoms with Crippen molar-refractivity contribution in [1.29, 1.82) is 0 Å². The third-order valence-electron chi connectivity index (χ3n) is 3.07. The first-order chi connectivity index (χ1) is 8.13. The summed E-state index contributed by atoms with van der Waals surface area (Å²) in [5.74, 6) is -0.400. The number of rotatable bonds is 3. The molecule has 1 aliphatic carbocycles. The molecule has 2 amide bonds. The smallest absolute Gasteiger partial charge is 0.319 e. The molecule has 0 bridgehead atoms. The van der Waals surface area contributed by atoms with E-state index in [9.17, 15) is 14.3 Å². The lowest BCUT2D eigenvalue weighted by Gasteiger charge is -2.40. The summed E-state index contributed by atoms with van der Waals surface area (Å²) in [7, 11) is 0. The highest BCUT2D eigenvalue weighted by molar-refractivity contribution is 5.89. The van der Waals surface area contributed by atoms with Crippen LogP contribution >= 0.6 is 0 Å². The molecule has 1 fully saturated rings. The molecule has 0 spiro atoms. The Morgan fingerprint density at radius 2 is 2.24 bits per heavy atom. The van der Waals surface area contributed by atoms with Gasteiger partial charge in [-0.1, -0.05) is 6.07 Å². The number of aliphatic hydroxyl groups excluding tert-OH is 1. The van der Waals surface area contributed by atoms with E-state index in [1.165, 1.54) is 18.2 Å². The SMILES string of the molecule is O=C(Nc1cccc(F)c1)NC1(CO)CCC1. The molecule has 0 heterocycles. The minimum absolute atomic E-state index is 0.0659. The maximum absolute atomic E-state index is 12.9. The van der Waals surface area contributed by atoms with Gasteiger partial charge in [0.05, 0.1) is 12.1 Å². The average molecular weight is 238 g/mol. The van der Waals surface area contributed by atoms with Gasteiger partial charge in [-0.15, -0.1) is 0 Å². The van der Waals surface area contributed by atoms with Crippen LogP contribution < -0.4 is 10.6 Å². The molecule has 1 aromatic rings. The minimum atomic E-state index is -0.489. The van der Waals surface area contributed by atoms with Gasteiger partial charge in [0.1, 0.15) is 5.82 Å². The van der Waals surface area contributed by atoms with E-state index in [1.54, 1.807) is 6.07 Å². The highest BCUT2D eigenvalue weighted by Gasteiger charge is 2.37. The summed E-state index contributed by atoms with van der Waals surface area (Å²) in [4.78, 5) is 11.6. The number of benzene rings is 1. The van der Waals surface area contributed by atoms with Crippen molar-refractivity contribution in [1.82, 2.24) is 5.32 Å². The fourth-order valence-corrected chi connectivity index (χ4v) is 1.90. The number of carbonyl (C=O) groups is 1. The Morgan fingerprint density at radius 1 is 1.47 bits per heavy atom. The fraction of sp³-hybridized carbons (Fsp3) is 0.417. The number of hydrogen-bond acceptors (Lipinski definition) is 2. The maximum Gasteiger partial charge on any atom is 0.319 e. The van der Waals surface area contributed by atoms with Gasteiger partial charge >= 0.3 is 6.03 Å². The van der Waals surface area contributed by atoms with E-state index in [0.717, 1.165) is 19.3 Å². The van der Waals surface area contributed by atoms with E-state index >= 15 is 0 Å². The van der Waals surface area contributed by atoms with Gasteiger partial charge in [-0.05, 0) is 37.5 Å². The number of nitrogens with one attached hydrogen (secondary N) is 2.